The largest absolute Gasteiger partial charge is 0.398 e. The minimum atomic E-state index is -0.250. The van der Waals surface area contributed by atoms with Gasteiger partial charge in [0.15, 0.2) is 0 Å². The SMILES string of the molecule is Cc1c(N)cccc1-c1cc2cc(NC(=O)[C@@H]3C[C@H]3C#N)ncc2c(N)n1. The molecular formula is C20H18N6O. The summed E-state index contributed by atoms with van der Waals surface area (Å²) in [5.74, 6) is 0.171. The molecule has 2 heterocycles. The Labute approximate surface area is 156 Å². The first-order valence-corrected chi connectivity index (χ1v) is 8.60. The van der Waals surface area contributed by atoms with E-state index in [1.165, 1.54) is 0 Å². The van der Waals surface area contributed by atoms with Gasteiger partial charge in [-0.1, -0.05) is 12.1 Å². The van der Waals surface area contributed by atoms with Crippen molar-refractivity contribution in [1.29, 1.82) is 5.26 Å². The standard InChI is InChI=1S/C20H18N6O/c1-10-13(3-2-4-16(10)22)17-6-11-7-18(24-9-15(11)19(23)25-17)26-20(27)14-5-12(14)8-21/h2-4,6-7,9,12,14H,5,22H2,1H3,(H2,23,25)(H,24,26,27)/t12-,14+/m0/s1. The third kappa shape index (κ3) is 3.02. The third-order valence-corrected chi connectivity index (χ3v) is 4.94. The van der Waals surface area contributed by atoms with Crippen LogP contribution in [0.4, 0.5) is 17.3 Å². The molecule has 1 aliphatic rings. The highest BCUT2D eigenvalue weighted by Gasteiger charge is 2.43. The van der Waals surface area contributed by atoms with Crippen LogP contribution in [0.25, 0.3) is 22.0 Å². The van der Waals surface area contributed by atoms with E-state index in [-0.39, 0.29) is 17.7 Å². The molecule has 1 aromatic carbocycles. The number of nitrogens with two attached hydrogens (primary N) is 2. The van der Waals surface area contributed by atoms with E-state index in [1.807, 2.05) is 31.2 Å². The topological polar surface area (TPSA) is 131 Å². The van der Waals surface area contributed by atoms with Crippen LogP contribution in [0.2, 0.25) is 0 Å². The van der Waals surface area contributed by atoms with Gasteiger partial charge in [0, 0.05) is 22.8 Å². The number of pyridine rings is 2. The number of nitrogens with zero attached hydrogens (tertiary/aromatic N) is 3. The Morgan fingerprint density at radius 2 is 2.15 bits per heavy atom. The Balaban J connectivity index is 1.71. The van der Waals surface area contributed by atoms with Crippen LogP contribution in [0, 0.1) is 30.1 Å². The Morgan fingerprint density at radius 1 is 1.33 bits per heavy atom. The molecule has 1 fully saturated rings. The molecule has 7 heteroatoms. The van der Waals surface area contributed by atoms with Crippen LogP contribution in [0.5, 0.6) is 0 Å². The zero-order valence-corrected chi connectivity index (χ0v) is 14.7. The first kappa shape index (κ1) is 16.8. The number of hydrogen-bond acceptors (Lipinski definition) is 6. The third-order valence-electron chi connectivity index (χ3n) is 4.94. The molecule has 1 aliphatic carbocycles. The number of carbonyl (C=O) groups is 1. The van der Waals surface area contributed by atoms with E-state index >= 15 is 0 Å². The molecule has 0 spiro atoms. The van der Waals surface area contributed by atoms with Crippen molar-refractivity contribution in [3.05, 3.63) is 42.1 Å². The number of nitrogens with one attached hydrogen (secondary N) is 1. The van der Waals surface area contributed by atoms with Gasteiger partial charge in [0.05, 0.1) is 23.6 Å². The van der Waals surface area contributed by atoms with Crippen LogP contribution in [0.3, 0.4) is 0 Å². The monoisotopic (exact) mass is 358 g/mol. The van der Waals surface area contributed by atoms with Gasteiger partial charge in [-0.15, -0.1) is 0 Å². The van der Waals surface area contributed by atoms with Crippen molar-refractivity contribution in [1.82, 2.24) is 9.97 Å². The molecule has 7 nitrogen and oxygen atoms in total. The molecule has 0 radical (unpaired) electrons. The average Bonchev–Trinajstić information content (AvgIpc) is 3.44. The summed E-state index contributed by atoms with van der Waals surface area (Å²) >= 11 is 0. The second-order valence-electron chi connectivity index (χ2n) is 6.77. The number of rotatable bonds is 3. The van der Waals surface area contributed by atoms with Crippen molar-refractivity contribution in [2.24, 2.45) is 11.8 Å². The first-order valence-electron chi connectivity index (χ1n) is 8.60. The lowest BCUT2D eigenvalue weighted by Gasteiger charge is -2.11. The molecule has 0 aliphatic heterocycles. The number of nitriles is 1. The Kier molecular flexibility index (Phi) is 3.89. The quantitative estimate of drug-likeness (QED) is 0.617. The van der Waals surface area contributed by atoms with Gasteiger partial charge in [0.25, 0.3) is 0 Å². The lowest BCUT2D eigenvalue weighted by molar-refractivity contribution is -0.117. The first-order chi connectivity index (χ1) is 13.0. The Hall–Kier alpha value is -3.66. The summed E-state index contributed by atoms with van der Waals surface area (Å²) in [4.78, 5) is 20.9. The Bertz CT molecular complexity index is 1120. The number of nitrogen functional groups attached to an aromatic ring is 2. The molecule has 5 N–H and O–H groups in total. The summed E-state index contributed by atoms with van der Waals surface area (Å²) in [6, 6.07) is 11.4. The minimum Gasteiger partial charge on any atom is -0.398 e. The second-order valence-corrected chi connectivity index (χ2v) is 6.77. The highest BCUT2D eigenvalue weighted by atomic mass is 16.2. The fourth-order valence-corrected chi connectivity index (χ4v) is 3.16. The van der Waals surface area contributed by atoms with E-state index in [4.69, 9.17) is 16.7 Å². The van der Waals surface area contributed by atoms with Gasteiger partial charge in [-0.2, -0.15) is 5.26 Å². The van der Waals surface area contributed by atoms with E-state index < -0.39 is 0 Å². The van der Waals surface area contributed by atoms with Crippen LogP contribution in [0.15, 0.2) is 36.5 Å². The molecule has 2 aromatic heterocycles. The molecule has 3 aromatic rings. The summed E-state index contributed by atoms with van der Waals surface area (Å²) in [6.45, 7) is 1.94. The highest BCUT2D eigenvalue weighted by Crippen LogP contribution is 2.38. The van der Waals surface area contributed by atoms with E-state index in [0.29, 0.717) is 34.8 Å². The predicted molar refractivity (Wildman–Crippen MR) is 104 cm³/mol. The maximum absolute atomic E-state index is 12.2. The van der Waals surface area contributed by atoms with Gasteiger partial charge in [-0.25, -0.2) is 9.97 Å². The summed E-state index contributed by atoms with van der Waals surface area (Å²) in [5, 5.41) is 13.2. The van der Waals surface area contributed by atoms with Crippen LogP contribution >= 0.6 is 0 Å². The van der Waals surface area contributed by atoms with Crippen LogP contribution in [-0.2, 0) is 4.79 Å². The van der Waals surface area contributed by atoms with E-state index in [9.17, 15) is 4.79 Å². The predicted octanol–water partition coefficient (Wildman–Crippen LogP) is 2.87. The maximum atomic E-state index is 12.2. The molecule has 4 rings (SSSR count). The lowest BCUT2D eigenvalue weighted by Crippen LogP contribution is -2.15. The molecule has 0 saturated heterocycles. The highest BCUT2D eigenvalue weighted by molar-refractivity contribution is 5.98. The lowest BCUT2D eigenvalue weighted by atomic mass is 10.0. The minimum absolute atomic E-state index is 0.178. The van der Waals surface area contributed by atoms with Crippen molar-refractivity contribution in [3.8, 4) is 17.3 Å². The number of anilines is 3. The fourth-order valence-electron chi connectivity index (χ4n) is 3.16. The summed E-state index contributed by atoms with van der Waals surface area (Å²) < 4.78 is 0. The second kappa shape index (κ2) is 6.25. The zero-order valence-electron chi connectivity index (χ0n) is 14.7. The van der Waals surface area contributed by atoms with Crippen LogP contribution in [-0.4, -0.2) is 15.9 Å². The van der Waals surface area contributed by atoms with Crippen molar-refractivity contribution < 1.29 is 4.79 Å². The summed E-state index contributed by atoms with van der Waals surface area (Å²) in [6.07, 6.45) is 2.20. The molecule has 1 amide bonds. The van der Waals surface area contributed by atoms with Gasteiger partial charge < -0.3 is 16.8 Å². The van der Waals surface area contributed by atoms with Crippen LogP contribution in [0.1, 0.15) is 12.0 Å². The number of amides is 1. The fraction of sp³-hybridized carbons (Fsp3) is 0.200. The molecule has 134 valence electrons. The van der Waals surface area contributed by atoms with Crippen molar-refractivity contribution in [3.63, 3.8) is 0 Å². The zero-order chi connectivity index (χ0) is 19.1. The molecule has 1 saturated carbocycles. The van der Waals surface area contributed by atoms with E-state index in [0.717, 1.165) is 16.5 Å². The van der Waals surface area contributed by atoms with E-state index in [1.54, 1.807) is 12.3 Å². The number of aromatic nitrogens is 2. The maximum Gasteiger partial charge on any atom is 0.230 e. The van der Waals surface area contributed by atoms with Crippen molar-refractivity contribution in [2.45, 2.75) is 13.3 Å². The summed E-state index contributed by atoms with van der Waals surface area (Å²) in [7, 11) is 0. The van der Waals surface area contributed by atoms with Crippen LogP contribution < -0.4 is 16.8 Å². The normalized spacial score (nSPS) is 18.1. The van der Waals surface area contributed by atoms with Gasteiger partial charge in [-0.05, 0) is 42.5 Å². The van der Waals surface area contributed by atoms with Gasteiger partial charge in [0.2, 0.25) is 5.91 Å². The molecule has 0 bridgehead atoms. The number of hydrogen-bond donors (Lipinski definition) is 3. The smallest absolute Gasteiger partial charge is 0.230 e. The molecule has 27 heavy (non-hydrogen) atoms. The molecule has 0 unspecified atom stereocenters. The van der Waals surface area contributed by atoms with E-state index in [2.05, 4.69) is 21.4 Å². The van der Waals surface area contributed by atoms with Gasteiger partial charge in [-0.3, -0.25) is 4.79 Å². The number of carbonyl (C=O) groups excluding carboxylic acids is 1. The Morgan fingerprint density at radius 3 is 2.89 bits per heavy atom. The van der Waals surface area contributed by atoms with Crippen molar-refractivity contribution >= 4 is 34.0 Å². The summed E-state index contributed by atoms with van der Waals surface area (Å²) in [5.41, 5.74) is 15.4. The van der Waals surface area contributed by atoms with Crippen molar-refractivity contribution in [2.75, 3.05) is 16.8 Å². The number of benzene rings is 1. The number of fused-ring (bicyclic) bond motifs is 1. The molecular weight excluding hydrogens is 340 g/mol. The van der Waals surface area contributed by atoms with Gasteiger partial charge in [0.1, 0.15) is 11.6 Å². The molecule has 2 atom stereocenters. The average molecular weight is 358 g/mol. The van der Waals surface area contributed by atoms with Gasteiger partial charge >= 0.3 is 0 Å².